The third-order valence-electron chi connectivity index (χ3n) is 7.09. The molecule has 0 saturated heterocycles. The SMILES string of the molecule is CCN(CCCCN1CCc2cccc3c2C1CC3)S(=O)(=O)c1cccc2cccnc12. The molecule has 0 fully saturated rings. The van der Waals surface area contributed by atoms with Crippen LogP contribution in [0.2, 0.25) is 0 Å². The molecule has 168 valence electrons. The van der Waals surface area contributed by atoms with E-state index in [0.29, 0.717) is 29.5 Å². The highest BCUT2D eigenvalue weighted by atomic mass is 32.2. The number of aryl methyl sites for hydroxylation is 1. The van der Waals surface area contributed by atoms with Gasteiger partial charge in [0.05, 0.1) is 5.52 Å². The average molecular weight is 450 g/mol. The van der Waals surface area contributed by atoms with Gasteiger partial charge in [-0.3, -0.25) is 9.88 Å². The van der Waals surface area contributed by atoms with Crippen molar-refractivity contribution in [3.63, 3.8) is 0 Å². The van der Waals surface area contributed by atoms with Crippen molar-refractivity contribution in [2.24, 2.45) is 0 Å². The zero-order chi connectivity index (χ0) is 22.1. The maximum atomic E-state index is 13.4. The molecular formula is C26H31N3O2S. The van der Waals surface area contributed by atoms with Crippen LogP contribution in [0.5, 0.6) is 0 Å². The Morgan fingerprint density at radius 1 is 1.03 bits per heavy atom. The molecule has 0 spiro atoms. The van der Waals surface area contributed by atoms with Crippen LogP contribution in [0.25, 0.3) is 10.9 Å². The molecule has 5 nitrogen and oxygen atoms in total. The van der Waals surface area contributed by atoms with Crippen LogP contribution in [0, 0.1) is 0 Å². The second-order valence-electron chi connectivity index (χ2n) is 8.87. The summed E-state index contributed by atoms with van der Waals surface area (Å²) in [6, 6.07) is 16.5. The van der Waals surface area contributed by atoms with E-state index in [1.807, 2.05) is 25.1 Å². The van der Waals surface area contributed by atoms with Crippen LogP contribution in [0.15, 0.2) is 59.6 Å². The van der Waals surface area contributed by atoms with Crippen molar-refractivity contribution >= 4 is 20.9 Å². The van der Waals surface area contributed by atoms with E-state index in [1.54, 1.807) is 28.2 Å². The number of unbranched alkanes of at least 4 members (excludes halogenated alkanes) is 1. The number of fused-ring (bicyclic) bond motifs is 1. The van der Waals surface area contributed by atoms with Gasteiger partial charge in [-0.1, -0.05) is 43.3 Å². The zero-order valence-electron chi connectivity index (χ0n) is 18.7. The minimum Gasteiger partial charge on any atom is -0.296 e. The van der Waals surface area contributed by atoms with E-state index in [2.05, 4.69) is 28.1 Å². The van der Waals surface area contributed by atoms with Gasteiger partial charge >= 0.3 is 0 Å². The Hall–Kier alpha value is -2.28. The van der Waals surface area contributed by atoms with Crippen LogP contribution < -0.4 is 0 Å². The van der Waals surface area contributed by atoms with E-state index in [4.69, 9.17) is 0 Å². The summed E-state index contributed by atoms with van der Waals surface area (Å²) >= 11 is 0. The Morgan fingerprint density at radius 2 is 1.81 bits per heavy atom. The molecule has 2 aliphatic rings. The first kappa shape index (κ1) is 21.6. The van der Waals surface area contributed by atoms with Crippen molar-refractivity contribution in [2.45, 2.75) is 50.0 Å². The quantitative estimate of drug-likeness (QED) is 0.473. The first-order chi connectivity index (χ1) is 15.6. The Morgan fingerprint density at radius 3 is 2.66 bits per heavy atom. The lowest BCUT2D eigenvalue weighted by Gasteiger charge is -2.35. The van der Waals surface area contributed by atoms with Crippen LogP contribution in [0.4, 0.5) is 0 Å². The summed E-state index contributed by atoms with van der Waals surface area (Å²) in [7, 11) is -3.57. The molecule has 0 radical (unpaired) electrons. The van der Waals surface area contributed by atoms with Gasteiger partial charge in [-0.25, -0.2) is 8.42 Å². The lowest BCUT2D eigenvalue weighted by Crippen LogP contribution is -2.36. The van der Waals surface area contributed by atoms with Gasteiger partial charge in [0, 0.05) is 37.3 Å². The molecule has 0 amide bonds. The topological polar surface area (TPSA) is 53.5 Å². The summed E-state index contributed by atoms with van der Waals surface area (Å²) in [5.74, 6) is 0. The van der Waals surface area contributed by atoms with Crippen LogP contribution >= 0.6 is 0 Å². The fourth-order valence-corrected chi connectivity index (χ4v) is 7.15. The maximum absolute atomic E-state index is 13.4. The van der Waals surface area contributed by atoms with E-state index in [0.717, 1.165) is 37.7 Å². The predicted molar refractivity (Wildman–Crippen MR) is 128 cm³/mol. The van der Waals surface area contributed by atoms with Crippen LogP contribution in [-0.2, 0) is 22.9 Å². The van der Waals surface area contributed by atoms with Crippen molar-refractivity contribution in [1.29, 1.82) is 0 Å². The van der Waals surface area contributed by atoms with Crippen molar-refractivity contribution < 1.29 is 8.42 Å². The third-order valence-corrected chi connectivity index (χ3v) is 9.09. The van der Waals surface area contributed by atoms with E-state index in [-0.39, 0.29) is 0 Å². The molecule has 1 unspecified atom stereocenters. The van der Waals surface area contributed by atoms with Gasteiger partial charge < -0.3 is 0 Å². The second kappa shape index (κ2) is 8.93. The highest BCUT2D eigenvalue weighted by Crippen LogP contribution is 2.41. The smallest absolute Gasteiger partial charge is 0.245 e. The fourth-order valence-electron chi connectivity index (χ4n) is 5.49. The first-order valence-corrected chi connectivity index (χ1v) is 13.2. The second-order valence-corrected chi connectivity index (χ2v) is 10.8. The van der Waals surface area contributed by atoms with Gasteiger partial charge in [0.1, 0.15) is 4.90 Å². The molecular weight excluding hydrogens is 418 g/mol. The lowest BCUT2D eigenvalue weighted by molar-refractivity contribution is 0.181. The number of para-hydroxylation sites is 1. The number of benzene rings is 2. The fraction of sp³-hybridized carbons (Fsp3) is 0.423. The number of aromatic nitrogens is 1. The summed E-state index contributed by atoms with van der Waals surface area (Å²) in [5, 5.41) is 0.853. The molecule has 2 heterocycles. The van der Waals surface area contributed by atoms with Gasteiger partial charge in [0.2, 0.25) is 10.0 Å². The Labute approximate surface area is 191 Å². The van der Waals surface area contributed by atoms with Gasteiger partial charge in [-0.15, -0.1) is 0 Å². The van der Waals surface area contributed by atoms with Crippen molar-refractivity contribution in [2.75, 3.05) is 26.2 Å². The van der Waals surface area contributed by atoms with E-state index >= 15 is 0 Å². The standard InChI is InChI=1S/C26H31N3O2S/c1-2-29(32(30,31)24-12-6-10-22-11-7-16-27-26(22)24)18-4-3-17-28-19-15-21-9-5-8-20-13-14-23(28)25(20)21/h5-12,16,23H,2-4,13-15,17-19H2,1H3. The number of sulfonamides is 1. The lowest BCUT2D eigenvalue weighted by atomic mass is 9.93. The van der Waals surface area contributed by atoms with Crippen LogP contribution in [-0.4, -0.2) is 48.8 Å². The largest absolute Gasteiger partial charge is 0.296 e. The summed E-state index contributed by atoms with van der Waals surface area (Å²) < 4.78 is 28.4. The van der Waals surface area contributed by atoms with Crippen LogP contribution in [0.3, 0.4) is 0 Å². The Kier molecular flexibility index (Phi) is 6.01. The summed E-state index contributed by atoms with van der Waals surface area (Å²) in [4.78, 5) is 7.28. The Bertz CT molecular complexity index is 1220. The van der Waals surface area contributed by atoms with Gasteiger partial charge in [-0.2, -0.15) is 4.31 Å². The molecule has 0 bridgehead atoms. The van der Waals surface area contributed by atoms with Crippen molar-refractivity contribution in [3.05, 3.63) is 71.4 Å². The molecule has 0 N–H and O–H groups in total. The molecule has 0 saturated carbocycles. The zero-order valence-corrected chi connectivity index (χ0v) is 19.5. The van der Waals surface area contributed by atoms with E-state index in [9.17, 15) is 8.42 Å². The monoisotopic (exact) mass is 449 g/mol. The molecule has 5 rings (SSSR count). The number of nitrogens with zero attached hydrogens (tertiary/aromatic N) is 3. The summed E-state index contributed by atoms with van der Waals surface area (Å²) in [5.41, 5.74) is 5.20. The minimum atomic E-state index is -3.57. The van der Waals surface area contributed by atoms with E-state index < -0.39 is 10.0 Å². The number of rotatable bonds is 8. The molecule has 3 aromatic rings. The van der Waals surface area contributed by atoms with Crippen LogP contribution in [0.1, 0.15) is 48.9 Å². The maximum Gasteiger partial charge on any atom is 0.245 e. The molecule has 32 heavy (non-hydrogen) atoms. The normalized spacial score (nSPS) is 18.4. The highest BCUT2D eigenvalue weighted by Gasteiger charge is 2.33. The first-order valence-electron chi connectivity index (χ1n) is 11.8. The molecule has 1 aromatic heterocycles. The molecule has 6 heteroatoms. The van der Waals surface area contributed by atoms with Gasteiger partial charge in [0.15, 0.2) is 0 Å². The molecule has 1 aliphatic heterocycles. The highest BCUT2D eigenvalue weighted by molar-refractivity contribution is 7.89. The Balaban J connectivity index is 1.23. The number of pyridine rings is 1. The van der Waals surface area contributed by atoms with Gasteiger partial charge in [0.25, 0.3) is 0 Å². The molecule has 2 aromatic carbocycles. The summed E-state index contributed by atoms with van der Waals surface area (Å²) in [6.07, 6.45) is 7.06. The number of hydrogen-bond donors (Lipinski definition) is 0. The molecule has 1 aliphatic carbocycles. The third kappa shape index (κ3) is 3.85. The summed E-state index contributed by atoms with van der Waals surface area (Å²) in [6.45, 7) is 5.07. The number of hydrogen-bond acceptors (Lipinski definition) is 4. The predicted octanol–water partition coefficient (Wildman–Crippen LogP) is 4.57. The van der Waals surface area contributed by atoms with Gasteiger partial charge in [-0.05, 0) is 67.5 Å². The minimum absolute atomic E-state index is 0.309. The van der Waals surface area contributed by atoms with Crippen molar-refractivity contribution in [3.8, 4) is 0 Å². The average Bonchev–Trinajstić information content (AvgIpc) is 3.26. The van der Waals surface area contributed by atoms with E-state index in [1.165, 1.54) is 24.0 Å². The van der Waals surface area contributed by atoms with Crippen molar-refractivity contribution in [1.82, 2.24) is 14.2 Å². The molecule has 1 atom stereocenters.